The minimum absolute atomic E-state index is 0.174. The maximum atomic E-state index is 12.5. The Morgan fingerprint density at radius 2 is 1.63 bits per heavy atom. The minimum Gasteiger partial charge on any atom is -0.462 e. The molecule has 1 amide bonds. The van der Waals surface area contributed by atoms with E-state index >= 15 is 0 Å². The largest absolute Gasteiger partial charge is 0.462 e. The summed E-state index contributed by atoms with van der Waals surface area (Å²) in [5.41, 5.74) is 0.707. The number of nitrogens with one attached hydrogen (secondary N) is 3. The summed E-state index contributed by atoms with van der Waals surface area (Å²) in [6.07, 6.45) is 0. The lowest BCUT2D eigenvalue weighted by Gasteiger charge is -2.26. The number of hydrogen-bond acceptors (Lipinski definition) is 6. The first-order valence-corrected chi connectivity index (χ1v) is 10.1. The van der Waals surface area contributed by atoms with Crippen molar-refractivity contribution in [3.63, 3.8) is 0 Å². The third-order valence-corrected chi connectivity index (χ3v) is 5.75. The summed E-state index contributed by atoms with van der Waals surface area (Å²) >= 11 is 1.06. The molecule has 1 saturated heterocycles. The fourth-order valence-electron chi connectivity index (χ4n) is 3.05. The van der Waals surface area contributed by atoms with Gasteiger partial charge in [0.05, 0.1) is 25.8 Å². The number of amides is 1. The summed E-state index contributed by atoms with van der Waals surface area (Å²) in [7, 11) is 2.15. The summed E-state index contributed by atoms with van der Waals surface area (Å²) < 4.78 is 10.2. The summed E-state index contributed by atoms with van der Waals surface area (Å²) in [5, 5.41) is 3.16. The van der Waals surface area contributed by atoms with Crippen molar-refractivity contribution in [2.24, 2.45) is 0 Å². The maximum Gasteiger partial charge on any atom is 0.348 e. The molecule has 1 aliphatic heterocycles. The normalized spacial score (nSPS) is 19.4. The van der Waals surface area contributed by atoms with Crippen molar-refractivity contribution < 1.29 is 33.7 Å². The van der Waals surface area contributed by atoms with Crippen LogP contribution in [0.4, 0.5) is 5.00 Å². The Balaban J connectivity index is 2.17. The molecule has 0 aromatic carbocycles. The molecule has 8 nitrogen and oxygen atoms in total. The van der Waals surface area contributed by atoms with E-state index in [0.29, 0.717) is 22.0 Å². The average Bonchev–Trinajstić information content (AvgIpc) is 2.93. The highest BCUT2D eigenvalue weighted by Crippen LogP contribution is 2.34. The topological polar surface area (TPSA) is 90.6 Å². The second-order valence-electron chi connectivity index (χ2n) is 6.63. The van der Waals surface area contributed by atoms with E-state index in [2.05, 4.69) is 12.4 Å². The summed E-state index contributed by atoms with van der Waals surface area (Å²) in [6.45, 7) is 9.80. The van der Waals surface area contributed by atoms with Crippen LogP contribution in [0.15, 0.2) is 0 Å². The first-order valence-electron chi connectivity index (χ1n) is 9.29. The number of esters is 2. The van der Waals surface area contributed by atoms with E-state index in [1.807, 2.05) is 0 Å². The Hall–Kier alpha value is -1.97. The Bertz CT molecular complexity index is 695. The van der Waals surface area contributed by atoms with Crippen LogP contribution in [0.2, 0.25) is 0 Å². The molecule has 2 rings (SSSR count). The van der Waals surface area contributed by atoms with Crippen LogP contribution < -0.4 is 15.1 Å². The molecule has 0 bridgehead atoms. The fraction of sp³-hybridized carbons (Fsp3) is 0.611. The number of likely N-dealkylation sites (N-methyl/N-ethyl adjacent to an activating group) is 1. The van der Waals surface area contributed by atoms with Gasteiger partial charge in [-0.3, -0.25) is 4.79 Å². The molecular weight excluding hydrogens is 370 g/mol. The van der Waals surface area contributed by atoms with Gasteiger partial charge in [0.25, 0.3) is 5.91 Å². The number of ether oxygens (including phenoxy) is 2. The molecule has 1 aromatic rings. The monoisotopic (exact) mass is 399 g/mol. The number of quaternary nitrogens is 2. The van der Waals surface area contributed by atoms with Crippen molar-refractivity contribution >= 4 is 34.2 Å². The number of rotatable bonds is 7. The molecule has 0 saturated carbocycles. The number of hydrogen-bond donors (Lipinski definition) is 3. The lowest BCUT2D eigenvalue weighted by atomic mass is 10.1. The SMILES string of the molecule is CCOC(=O)c1sc(NC(=O)C[NH+]2CC[NH+](C)CC2)c(C(=O)OCC)c1C. The summed E-state index contributed by atoms with van der Waals surface area (Å²) in [5.74, 6) is -1.22. The van der Waals surface area contributed by atoms with Crippen molar-refractivity contribution in [2.45, 2.75) is 20.8 Å². The molecule has 0 aliphatic carbocycles. The number of anilines is 1. The Labute approximate surface area is 163 Å². The third-order valence-electron chi connectivity index (χ3n) is 4.56. The fourth-order valence-corrected chi connectivity index (χ4v) is 4.15. The van der Waals surface area contributed by atoms with Crippen LogP contribution in [-0.2, 0) is 14.3 Å². The highest BCUT2D eigenvalue weighted by Gasteiger charge is 2.28. The van der Waals surface area contributed by atoms with Gasteiger partial charge in [0.1, 0.15) is 36.1 Å². The van der Waals surface area contributed by atoms with Gasteiger partial charge in [0, 0.05) is 0 Å². The van der Waals surface area contributed by atoms with Gasteiger partial charge in [0.2, 0.25) is 0 Å². The molecule has 0 radical (unpaired) electrons. The van der Waals surface area contributed by atoms with Crippen molar-refractivity contribution in [3.8, 4) is 0 Å². The van der Waals surface area contributed by atoms with E-state index in [0.717, 1.165) is 37.5 Å². The average molecular weight is 400 g/mol. The predicted octanol–water partition coefficient (Wildman–Crippen LogP) is -1.24. The molecule has 9 heteroatoms. The second-order valence-corrected chi connectivity index (χ2v) is 7.65. The van der Waals surface area contributed by atoms with Crippen LogP contribution >= 0.6 is 11.3 Å². The second kappa shape index (κ2) is 9.82. The van der Waals surface area contributed by atoms with E-state index in [1.54, 1.807) is 20.8 Å². The minimum atomic E-state index is -0.548. The standard InChI is InChI=1S/C18H27N3O5S/c1-5-25-17(23)14-12(3)15(18(24)26-6-2)27-16(14)19-13(22)11-21-9-7-20(4)8-10-21/h5-11H2,1-4H3,(H,19,22)/p+2. The van der Waals surface area contributed by atoms with Gasteiger partial charge in [-0.05, 0) is 26.3 Å². The van der Waals surface area contributed by atoms with E-state index < -0.39 is 11.9 Å². The van der Waals surface area contributed by atoms with Crippen LogP contribution in [-0.4, -0.2) is 70.8 Å². The lowest BCUT2D eigenvalue weighted by molar-refractivity contribution is -0.999. The van der Waals surface area contributed by atoms with Crippen LogP contribution in [0, 0.1) is 6.92 Å². The lowest BCUT2D eigenvalue weighted by Crippen LogP contribution is -3.27. The molecular formula is C18H29N3O5S+2. The number of carbonyl (C=O) groups excluding carboxylic acids is 3. The Morgan fingerprint density at radius 1 is 1.04 bits per heavy atom. The zero-order valence-corrected chi connectivity index (χ0v) is 17.2. The Morgan fingerprint density at radius 3 is 2.22 bits per heavy atom. The van der Waals surface area contributed by atoms with Crippen LogP contribution in [0.5, 0.6) is 0 Å². The van der Waals surface area contributed by atoms with Crippen molar-refractivity contribution in [1.82, 2.24) is 0 Å². The van der Waals surface area contributed by atoms with Gasteiger partial charge < -0.3 is 24.6 Å². The molecule has 0 atom stereocenters. The molecule has 1 aliphatic rings. The number of piperazine rings is 1. The molecule has 3 N–H and O–H groups in total. The van der Waals surface area contributed by atoms with Gasteiger partial charge in [-0.15, -0.1) is 11.3 Å². The quantitative estimate of drug-likeness (QED) is 0.499. The van der Waals surface area contributed by atoms with Gasteiger partial charge in [-0.25, -0.2) is 9.59 Å². The van der Waals surface area contributed by atoms with E-state index in [4.69, 9.17) is 9.47 Å². The van der Waals surface area contributed by atoms with Crippen LogP contribution in [0.25, 0.3) is 0 Å². The van der Waals surface area contributed by atoms with Crippen LogP contribution in [0.3, 0.4) is 0 Å². The Kier molecular flexibility index (Phi) is 7.76. The van der Waals surface area contributed by atoms with E-state index in [-0.39, 0.29) is 24.7 Å². The van der Waals surface area contributed by atoms with Crippen molar-refractivity contribution in [1.29, 1.82) is 0 Å². The zero-order valence-electron chi connectivity index (χ0n) is 16.4. The number of carbonyl (C=O) groups is 3. The highest BCUT2D eigenvalue weighted by molar-refractivity contribution is 7.18. The smallest absolute Gasteiger partial charge is 0.348 e. The summed E-state index contributed by atoms with van der Waals surface area (Å²) in [6, 6.07) is 0. The van der Waals surface area contributed by atoms with E-state index in [1.165, 1.54) is 9.80 Å². The maximum absolute atomic E-state index is 12.5. The van der Waals surface area contributed by atoms with Gasteiger partial charge in [-0.1, -0.05) is 0 Å². The molecule has 1 fully saturated rings. The molecule has 27 heavy (non-hydrogen) atoms. The molecule has 0 spiro atoms. The van der Waals surface area contributed by atoms with Crippen molar-refractivity contribution in [2.75, 3.05) is 58.3 Å². The van der Waals surface area contributed by atoms with Crippen molar-refractivity contribution in [3.05, 3.63) is 16.0 Å². The molecule has 2 heterocycles. The molecule has 150 valence electrons. The third kappa shape index (κ3) is 5.50. The molecule has 0 unspecified atom stereocenters. The summed E-state index contributed by atoms with van der Waals surface area (Å²) in [4.78, 5) is 40.0. The first kappa shape index (κ1) is 21.3. The first-order chi connectivity index (χ1) is 12.9. The molecule has 1 aromatic heterocycles. The van der Waals surface area contributed by atoms with E-state index in [9.17, 15) is 14.4 Å². The highest BCUT2D eigenvalue weighted by atomic mass is 32.1. The van der Waals surface area contributed by atoms with Crippen LogP contribution in [0.1, 0.15) is 39.4 Å². The van der Waals surface area contributed by atoms with Gasteiger partial charge in [0.15, 0.2) is 6.54 Å². The van der Waals surface area contributed by atoms with Gasteiger partial charge >= 0.3 is 11.9 Å². The zero-order chi connectivity index (χ0) is 20.0. The number of thiophene rings is 1. The predicted molar refractivity (Wildman–Crippen MR) is 102 cm³/mol. The van der Waals surface area contributed by atoms with Gasteiger partial charge in [-0.2, -0.15) is 0 Å².